The van der Waals surface area contributed by atoms with Crippen LogP contribution in [-0.2, 0) is 6.61 Å². The van der Waals surface area contributed by atoms with Crippen molar-refractivity contribution < 1.29 is 14.2 Å². The van der Waals surface area contributed by atoms with E-state index in [1.165, 1.54) is 11.3 Å². The van der Waals surface area contributed by atoms with Gasteiger partial charge in [-0.15, -0.1) is 0 Å². The van der Waals surface area contributed by atoms with Crippen LogP contribution in [0, 0.1) is 0 Å². The molecule has 0 aromatic heterocycles. The molecular weight excluding hydrogens is 412 g/mol. The summed E-state index contributed by atoms with van der Waals surface area (Å²) < 4.78 is 17.3. The minimum atomic E-state index is 0.578. The molecule has 0 amide bonds. The van der Waals surface area contributed by atoms with Crippen molar-refractivity contribution in [1.29, 1.82) is 0 Å². The van der Waals surface area contributed by atoms with Crippen LogP contribution in [0.2, 0.25) is 0 Å². The van der Waals surface area contributed by atoms with Gasteiger partial charge in [0.05, 0.1) is 19.4 Å². The number of rotatable bonds is 11. The third-order valence-electron chi connectivity index (χ3n) is 6.01. The molecule has 5 nitrogen and oxygen atoms in total. The van der Waals surface area contributed by atoms with Crippen molar-refractivity contribution in [2.75, 3.05) is 51.3 Å². The zero-order chi connectivity index (χ0) is 22.7. The molecule has 0 aliphatic carbocycles. The highest BCUT2D eigenvalue weighted by atomic mass is 16.5. The van der Waals surface area contributed by atoms with Gasteiger partial charge in [-0.2, -0.15) is 0 Å². The smallest absolute Gasteiger partial charge is 0.142 e. The van der Waals surface area contributed by atoms with Gasteiger partial charge < -0.3 is 19.1 Å². The number of para-hydroxylation sites is 2. The minimum Gasteiger partial charge on any atom is -0.495 e. The second kappa shape index (κ2) is 12.2. The minimum absolute atomic E-state index is 0.578. The number of nitrogens with zero attached hydrogens (tertiary/aromatic N) is 2. The van der Waals surface area contributed by atoms with Gasteiger partial charge in [0.2, 0.25) is 0 Å². The molecule has 174 valence electrons. The lowest BCUT2D eigenvalue weighted by Crippen LogP contribution is -2.46. The molecule has 0 radical (unpaired) electrons. The molecule has 1 aliphatic rings. The summed E-state index contributed by atoms with van der Waals surface area (Å²) in [5.74, 6) is 2.71. The molecule has 0 unspecified atom stereocenters. The number of unbranched alkanes of at least 4 members (excludes halogenated alkanes) is 1. The van der Waals surface area contributed by atoms with Gasteiger partial charge in [-0.05, 0) is 61.3 Å². The molecule has 1 heterocycles. The number of piperazine rings is 1. The summed E-state index contributed by atoms with van der Waals surface area (Å²) in [5.41, 5.74) is 2.36. The number of benzene rings is 3. The highest BCUT2D eigenvalue weighted by Gasteiger charge is 2.19. The third kappa shape index (κ3) is 6.90. The molecule has 1 saturated heterocycles. The Kier molecular flexibility index (Phi) is 8.48. The lowest BCUT2D eigenvalue weighted by atomic mass is 10.2. The predicted molar refractivity (Wildman–Crippen MR) is 134 cm³/mol. The molecule has 1 aliphatic heterocycles. The van der Waals surface area contributed by atoms with E-state index in [0.29, 0.717) is 6.61 Å². The predicted octanol–water partition coefficient (Wildman–Crippen LogP) is 5.26. The van der Waals surface area contributed by atoms with Crippen LogP contribution in [0.1, 0.15) is 18.4 Å². The maximum Gasteiger partial charge on any atom is 0.142 e. The molecule has 33 heavy (non-hydrogen) atoms. The highest BCUT2D eigenvalue weighted by molar-refractivity contribution is 5.58. The lowest BCUT2D eigenvalue weighted by molar-refractivity contribution is 0.238. The molecular formula is C28H34N2O3. The Morgan fingerprint density at radius 2 is 1.36 bits per heavy atom. The molecule has 0 atom stereocenters. The average molecular weight is 447 g/mol. The lowest BCUT2D eigenvalue weighted by Gasteiger charge is -2.36. The van der Waals surface area contributed by atoms with Gasteiger partial charge >= 0.3 is 0 Å². The van der Waals surface area contributed by atoms with Crippen LogP contribution in [0.5, 0.6) is 17.2 Å². The van der Waals surface area contributed by atoms with E-state index in [4.69, 9.17) is 14.2 Å². The maximum absolute atomic E-state index is 5.92. The number of methoxy groups -OCH3 is 1. The van der Waals surface area contributed by atoms with Gasteiger partial charge in [0.1, 0.15) is 23.9 Å². The number of anilines is 1. The van der Waals surface area contributed by atoms with Crippen molar-refractivity contribution >= 4 is 5.69 Å². The van der Waals surface area contributed by atoms with E-state index in [1.807, 2.05) is 54.6 Å². The molecule has 4 rings (SSSR count). The SMILES string of the molecule is COc1ccccc1N1CCN(CCCCOc2ccc(OCc3ccccc3)cc2)CC1. The number of ether oxygens (including phenoxy) is 3. The summed E-state index contributed by atoms with van der Waals surface area (Å²) in [7, 11) is 1.74. The van der Waals surface area contributed by atoms with Gasteiger partial charge in [0.25, 0.3) is 0 Å². The second-order valence-electron chi connectivity index (χ2n) is 8.30. The first-order chi connectivity index (χ1) is 16.3. The third-order valence-corrected chi connectivity index (χ3v) is 6.01. The topological polar surface area (TPSA) is 34.2 Å². The van der Waals surface area contributed by atoms with Crippen molar-refractivity contribution in [2.45, 2.75) is 19.4 Å². The average Bonchev–Trinajstić information content (AvgIpc) is 2.89. The molecule has 0 N–H and O–H groups in total. The van der Waals surface area contributed by atoms with Crippen LogP contribution < -0.4 is 19.1 Å². The molecule has 0 saturated carbocycles. The number of hydrogen-bond donors (Lipinski definition) is 0. The maximum atomic E-state index is 5.92. The number of hydrogen-bond acceptors (Lipinski definition) is 5. The van der Waals surface area contributed by atoms with Crippen LogP contribution in [0.15, 0.2) is 78.9 Å². The fourth-order valence-corrected chi connectivity index (χ4v) is 4.10. The van der Waals surface area contributed by atoms with Crippen molar-refractivity contribution in [3.05, 3.63) is 84.4 Å². The molecule has 1 fully saturated rings. The Hall–Kier alpha value is -3.18. The fourth-order valence-electron chi connectivity index (χ4n) is 4.10. The summed E-state index contributed by atoms with van der Waals surface area (Å²) in [6, 6.07) is 26.4. The van der Waals surface area contributed by atoms with E-state index < -0.39 is 0 Å². The van der Waals surface area contributed by atoms with Gasteiger partial charge in [-0.3, -0.25) is 4.90 Å². The Balaban J connectivity index is 1.10. The van der Waals surface area contributed by atoms with E-state index in [-0.39, 0.29) is 0 Å². The van der Waals surface area contributed by atoms with Gasteiger partial charge in [0, 0.05) is 26.2 Å². The monoisotopic (exact) mass is 446 g/mol. The van der Waals surface area contributed by atoms with E-state index in [1.54, 1.807) is 7.11 Å². The zero-order valence-electron chi connectivity index (χ0n) is 19.5. The quantitative estimate of drug-likeness (QED) is 0.376. The molecule has 0 bridgehead atoms. The summed E-state index contributed by atoms with van der Waals surface area (Å²) in [5, 5.41) is 0. The summed E-state index contributed by atoms with van der Waals surface area (Å²) in [6.45, 7) is 6.69. The molecule has 3 aromatic carbocycles. The standard InChI is InChI=1S/C28H34N2O3/c1-31-28-12-6-5-11-27(28)30-20-18-29(19-21-30)17-7-8-22-32-25-13-15-26(16-14-25)33-23-24-9-3-2-4-10-24/h2-6,9-16H,7-8,17-23H2,1H3. The zero-order valence-corrected chi connectivity index (χ0v) is 19.5. The first-order valence-electron chi connectivity index (χ1n) is 11.8. The van der Waals surface area contributed by atoms with Crippen molar-refractivity contribution in [3.63, 3.8) is 0 Å². The molecule has 5 heteroatoms. The second-order valence-corrected chi connectivity index (χ2v) is 8.30. The summed E-state index contributed by atoms with van der Waals surface area (Å²) >= 11 is 0. The van der Waals surface area contributed by atoms with E-state index >= 15 is 0 Å². The first kappa shape index (κ1) is 23.0. The van der Waals surface area contributed by atoms with Gasteiger partial charge in [-0.1, -0.05) is 42.5 Å². The van der Waals surface area contributed by atoms with Crippen molar-refractivity contribution in [3.8, 4) is 17.2 Å². The van der Waals surface area contributed by atoms with Crippen LogP contribution in [-0.4, -0.2) is 51.3 Å². The Bertz CT molecular complexity index is 954. The highest BCUT2D eigenvalue weighted by Crippen LogP contribution is 2.28. The van der Waals surface area contributed by atoms with Crippen molar-refractivity contribution in [2.24, 2.45) is 0 Å². The van der Waals surface area contributed by atoms with E-state index in [0.717, 1.165) is 69.4 Å². The summed E-state index contributed by atoms with van der Waals surface area (Å²) in [4.78, 5) is 4.97. The van der Waals surface area contributed by atoms with Crippen LogP contribution in [0.3, 0.4) is 0 Å². The fraction of sp³-hybridized carbons (Fsp3) is 0.357. The van der Waals surface area contributed by atoms with E-state index in [9.17, 15) is 0 Å². The van der Waals surface area contributed by atoms with Crippen molar-refractivity contribution in [1.82, 2.24) is 4.90 Å². The Labute approximate surface area is 197 Å². The normalized spacial score (nSPS) is 14.2. The largest absolute Gasteiger partial charge is 0.495 e. The van der Waals surface area contributed by atoms with Crippen LogP contribution >= 0.6 is 0 Å². The van der Waals surface area contributed by atoms with Crippen LogP contribution in [0.25, 0.3) is 0 Å². The Morgan fingerprint density at radius 1 is 0.697 bits per heavy atom. The van der Waals surface area contributed by atoms with Gasteiger partial charge in [-0.25, -0.2) is 0 Å². The van der Waals surface area contributed by atoms with Gasteiger partial charge in [0.15, 0.2) is 0 Å². The van der Waals surface area contributed by atoms with Crippen LogP contribution in [0.4, 0.5) is 5.69 Å². The van der Waals surface area contributed by atoms with E-state index in [2.05, 4.69) is 34.1 Å². The summed E-state index contributed by atoms with van der Waals surface area (Å²) in [6.07, 6.45) is 2.20. The Morgan fingerprint density at radius 3 is 2.09 bits per heavy atom. The molecule has 3 aromatic rings. The molecule has 0 spiro atoms. The first-order valence-corrected chi connectivity index (χ1v) is 11.8.